The Hall–Kier alpha value is -3.30. The fourth-order valence-corrected chi connectivity index (χ4v) is 2.49. The molecule has 0 radical (unpaired) electrons. The van der Waals surface area contributed by atoms with Crippen molar-refractivity contribution < 1.29 is 39.0 Å². The molecule has 0 fully saturated rings. The number of carboxylic acids is 1. The first-order valence-corrected chi connectivity index (χ1v) is 9.69. The average molecular weight is 461 g/mol. The number of carboxylic acid groups (broad SMARTS) is 1. The zero-order valence-corrected chi connectivity index (χ0v) is 17.4. The van der Waals surface area contributed by atoms with E-state index in [1.165, 1.54) is 0 Å². The summed E-state index contributed by atoms with van der Waals surface area (Å²) in [6, 6.07) is -5.86. The molecular formula is C17H31N7O8. The summed E-state index contributed by atoms with van der Waals surface area (Å²) in [6.45, 7) is -0.583. The summed E-state index contributed by atoms with van der Waals surface area (Å²) in [5, 5.41) is 25.0. The van der Waals surface area contributed by atoms with Gasteiger partial charge in [0.05, 0.1) is 25.5 Å². The summed E-state index contributed by atoms with van der Waals surface area (Å²) in [4.78, 5) is 70.3. The van der Waals surface area contributed by atoms with Crippen LogP contribution in [0.2, 0.25) is 0 Å². The Morgan fingerprint density at radius 2 is 1.25 bits per heavy atom. The molecule has 0 heterocycles. The summed E-state index contributed by atoms with van der Waals surface area (Å²) in [6.07, 6.45) is -0.205. The van der Waals surface area contributed by atoms with Crippen LogP contribution >= 0.6 is 0 Å². The van der Waals surface area contributed by atoms with Crippen LogP contribution in [-0.4, -0.2) is 83.0 Å². The molecule has 15 nitrogen and oxygen atoms in total. The predicted molar refractivity (Wildman–Crippen MR) is 109 cm³/mol. The normalized spacial score (nSPS) is 14.3. The Morgan fingerprint density at radius 3 is 1.72 bits per heavy atom. The van der Waals surface area contributed by atoms with E-state index in [2.05, 4.69) is 16.0 Å². The van der Waals surface area contributed by atoms with Crippen LogP contribution in [-0.2, 0) is 28.8 Å². The van der Waals surface area contributed by atoms with Crippen LogP contribution in [0.5, 0.6) is 0 Å². The second-order valence-corrected chi connectivity index (χ2v) is 6.94. The van der Waals surface area contributed by atoms with Crippen LogP contribution in [0.1, 0.15) is 32.1 Å². The highest BCUT2D eigenvalue weighted by Crippen LogP contribution is 2.03. The molecule has 0 bridgehead atoms. The Labute approximate surface area is 183 Å². The van der Waals surface area contributed by atoms with Crippen LogP contribution in [0.4, 0.5) is 0 Å². The van der Waals surface area contributed by atoms with Gasteiger partial charge in [-0.1, -0.05) is 0 Å². The Bertz CT molecular complexity index is 702. The molecule has 0 aromatic heterocycles. The van der Waals surface area contributed by atoms with E-state index >= 15 is 0 Å². The number of nitrogens with two attached hydrogens (primary N) is 4. The van der Waals surface area contributed by atoms with Gasteiger partial charge in [0.15, 0.2) is 0 Å². The standard InChI is InChI=1S/C17H31N7O8/c18-4-2-1-3-9(17(31)32)22-15(29)10(6-13(21)27)23-16(30)11(7-25)24-14(28)8(19)5-12(20)26/h8-11,25H,1-7,18-19H2,(H2,20,26)(H2,21,27)(H,22,29)(H,23,30)(H,24,28)(H,31,32). The van der Waals surface area contributed by atoms with Crippen LogP contribution in [0.3, 0.4) is 0 Å². The van der Waals surface area contributed by atoms with Gasteiger partial charge in [0.25, 0.3) is 0 Å². The number of primary amides is 2. The van der Waals surface area contributed by atoms with Gasteiger partial charge < -0.3 is 49.1 Å². The van der Waals surface area contributed by atoms with E-state index in [4.69, 9.17) is 22.9 Å². The molecule has 32 heavy (non-hydrogen) atoms. The highest BCUT2D eigenvalue weighted by molar-refractivity contribution is 5.96. The fourth-order valence-electron chi connectivity index (χ4n) is 2.49. The first kappa shape index (κ1) is 28.7. The van der Waals surface area contributed by atoms with Gasteiger partial charge in [0, 0.05) is 0 Å². The van der Waals surface area contributed by atoms with E-state index in [0.29, 0.717) is 19.4 Å². The van der Waals surface area contributed by atoms with E-state index in [0.717, 1.165) is 0 Å². The third-order valence-corrected chi connectivity index (χ3v) is 4.17. The molecule has 182 valence electrons. The lowest BCUT2D eigenvalue weighted by molar-refractivity contribution is -0.142. The maximum absolute atomic E-state index is 12.5. The number of hydrogen-bond donors (Lipinski definition) is 9. The number of carbonyl (C=O) groups is 6. The number of aliphatic hydroxyl groups excluding tert-OH is 1. The van der Waals surface area contributed by atoms with Crippen LogP contribution in [0, 0.1) is 0 Å². The quantitative estimate of drug-likeness (QED) is 0.0983. The van der Waals surface area contributed by atoms with Crippen molar-refractivity contribution in [3.05, 3.63) is 0 Å². The molecule has 0 saturated heterocycles. The second kappa shape index (κ2) is 14.7. The summed E-state index contributed by atoms with van der Waals surface area (Å²) in [5.74, 6) is -6.23. The van der Waals surface area contributed by atoms with Gasteiger partial charge in [0.2, 0.25) is 29.5 Å². The van der Waals surface area contributed by atoms with E-state index < -0.39 is 79.1 Å². The number of nitrogens with one attached hydrogen (secondary N) is 3. The van der Waals surface area contributed by atoms with Gasteiger partial charge in [0.1, 0.15) is 18.1 Å². The van der Waals surface area contributed by atoms with Crippen molar-refractivity contribution >= 4 is 35.5 Å². The van der Waals surface area contributed by atoms with Gasteiger partial charge in [-0.3, -0.25) is 24.0 Å². The van der Waals surface area contributed by atoms with Crippen molar-refractivity contribution in [2.45, 2.75) is 56.3 Å². The number of amides is 5. The molecule has 0 rings (SSSR count). The van der Waals surface area contributed by atoms with E-state index in [-0.39, 0.29) is 6.42 Å². The molecule has 5 amide bonds. The molecule has 13 N–H and O–H groups in total. The number of rotatable bonds is 16. The maximum Gasteiger partial charge on any atom is 0.326 e. The van der Waals surface area contributed by atoms with Gasteiger partial charge in [-0.25, -0.2) is 4.79 Å². The summed E-state index contributed by atoms with van der Waals surface area (Å²) < 4.78 is 0. The Morgan fingerprint density at radius 1 is 0.750 bits per heavy atom. The average Bonchev–Trinajstić information content (AvgIpc) is 2.69. The molecular weight excluding hydrogens is 430 g/mol. The van der Waals surface area contributed by atoms with Gasteiger partial charge in [-0.15, -0.1) is 0 Å². The fraction of sp³-hybridized carbons (Fsp3) is 0.647. The van der Waals surface area contributed by atoms with Crippen LogP contribution in [0.25, 0.3) is 0 Å². The minimum Gasteiger partial charge on any atom is -0.480 e. The lowest BCUT2D eigenvalue weighted by Crippen LogP contribution is -2.58. The Kier molecular flexibility index (Phi) is 13.1. The van der Waals surface area contributed by atoms with Gasteiger partial charge >= 0.3 is 5.97 Å². The molecule has 0 aliphatic heterocycles. The second-order valence-electron chi connectivity index (χ2n) is 6.94. The van der Waals surface area contributed by atoms with Crippen molar-refractivity contribution in [1.29, 1.82) is 0 Å². The van der Waals surface area contributed by atoms with E-state index in [9.17, 15) is 39.0 Å². The lowest BCUT2D eigenvalue weighted by Gasteiger charge is -2.23. The van der Waals surface area contributed by atoms with Crippen molar-refractivity contribution in [2.75, 3.05) is 13.2 Å². The smallest absolute Gasteiger partial charge is 0.326 e. The number of aliphatic hydroxyl groups is 1. The molecule has 4 atom stereocenters. The van der Waals surface area contributed by atoms with Gasteiger partial charge in [-0.05, 0) is 25.8 Å². The number of unbranched alkanes of at least 4 members (excludes halogenated alkanes) is 1. The molecule has 0 aliphatic rings. The zero-order valence-electron chi connectivity index (χ0n) is 17.4. The Balaban J connectivity index is 5.24. The SMILES string of the molecule is NCCCCC(NC(=O)C(CC(N)=O)NC(=O)C(CO)NC(=O)C(N)CC(N)=O)C(=O)O. The van der Waals surface area contributed by atoms with E-state index in [1.54, 1.807) is 0 Å². The molecule has 0 aromatic carbocycles. The monoisotopic (exact) mass is 461 g/mol. The number of hydrogen-bond acceptors (Lipinski definition) is 9. The topological polar surface area (TPSA) is 283 Å². The summed E-state index contributed by atoms with van der Waals surface area (Å²) >= 11 is 0. The predicted octanol–water partition coefficient (Wildman–Crippen LogP) is -5.28. The van der Waals surface area contributed by atoms with Crippen molar-refractivity contribution in [2.24, 2.45) is 22.9 Å². The highest BCUT2D eigenvalue weighted by atomic mass is 16.4. The van der Waals surface area contributed by atoms with Crippen LogP contribution in [0.15, 0.2) is 0 Å². The van der Waals surface area contributed by atoms with Gasteiger partial charge in [-0.2, -0.15) is 0 Å². The third-order valence-electron chi connectivity index (χ3n) is 4.17. The van der Waals surface area contributed by atoms with E-state index in [1.807, 2.05) is 0 Å². The molecule has 4 unspecified atom stereocenters. The minimum absolute atomic E-state index is 0.0581. The summed E-state index contributed by atoms with van der Waals surface area (Å²) in [7, 11) is 0. The van der Waals surface area contributed by atoms with Crippen molar-refractivity contribution in [1.82, 2.24) is 16.0 Å². The van der Waals surface area contributed by atoms with Crippen molar-refractivity contribution in [3.8, 4) is 0 Å². The third kappa shape index (κ3) is 11.2. The number of aliphatic carboxylic acids is 1. The number of carbonyl (C=O) groups excluding carboxylic acids is 5. The molecule has 15 heteroatoms. The molecule has 0 aliphatic carbocycles. The van der Waals surface area contributed by atoms with Crippen LogP contribution < -0.4 is 38.9 Å². The zero-order chi connectivity index (χ0) is 24.8. The van der Waals surface area contributed by atoms with Crippen molar-refractivity contribution in [3.63, 3.8) is 0 Å². The first-order valence-electron chi connectivity index (χ1n) is 9.69. The minimum atomic E-state index is -1.59. The first-order chi connectivity index (χ1) is 14.9. The molecule has 0 saturated carbocycles. The largest absolute Gasteiger partial charge is 0.480 e. The lowest BCUT2D eigenvalue weighted by atomic mass is 10.1. The highest BCUT2D eigenvalue weighted by Gasteiger charge is 2.31. The molecule has 0 aromatic rings. The summed E-state index contributed by atoms with van der Waals surface area (Å²) in [5.41, 5.74) is 20.8. The molecule has 0 spiro atoms. The maximum atomic E-state index is 12.5.